The lowest BCUT2D eigenvalue weighted by Gasteiger charge is -2.24. The summed E-state index contributed by atoms with van der Waals surface area (Å²) in [5, 5.41) is 6.34. The molecule has 5 rings (SSSR count). The van der Waals surface area contributed by atoms with Gasteiger partial charge in [-0.15, -0.1) is 0 Å². The molecule has 202 valence electrons. The highest BCUT2D eigenvalue weighted by Gasteiger charge is 2.25. The largest absolute Gasteiger partial charge is 0.489 e. The fourth-order valence-corrected chi connectivity index (χ4v) is 4.15. The molecule has 0 fully saturated rings. The van der Waals surface area contributed by atoms with Crippen LogP contribution in [0, 0.1) is 11.7 Å². The molecule has 0 bridgehead atoms. The number of rotatable bonds is 8. The first kappa shape index (κ1) is 26.1. The van der Waals surface area contributed by atoms with Gasteiger partial charge in [-0.05, 0) is 60.9 Å². The summed E-state index contributed by atoms with van der Waals surface area (Å²) in [5.74, 6) is 2.85. The maximum Gasteiger partial charge on any atom is 0.319 e. The Bertz CT molecular complexity index is 1460. The van der Waals surface area contributed by atoms with Crippen molar-refractivity contribution in [3.05, 3.63) is 78.2 Å². The fraction of sp³-hybridized carbons (Fsp3) is 0.267. The SMILES string of the molecule is CC(C)COc1cc2nccc(Oc3ccc(NC(=O)N[C@@H](C)c4ccc(F)cc4)cc3)c2c2c1OCCO2. The van der Waals surface area contributed by atoms with E-state index < -0.39 is 0 Å². The number of ether oxygens (including phenoxy) is 4. The van der Waals surface area contributed by atoms with Crippen LogP contribution in [0.25, 0.3) is 10.9 Å². The molecule has 8 nitrogen and oxygen atoms in total. The second-order valence-corrected chi connectivity index (χ2v) is 9.64. The monoisotopic (exact) mass is 531 g/mol. The van der Waals surface area contributed by atoms with Crippen LogP contribution >= 0.6 is 0 Å². The third kappa shape index (κ3) is 6.14. The molecule has 0 saturated carbocycles. The van der Waals surface area contributed by atoms with Crippen LogP contribution in [0.4, 0.5) is 14.9 Å². The summed E-state index contributed by atoms with van der Waals surface area (Å²) in [4.78, 5) is 17.0. The zero-order valence-corrected chi connectivity index (χ0v) is 22.0. The Balaban J connectivity index is 1.31. The van der Waals surface area contributed by atoms with Gasteiger partial charge in [-0.2, -0.15) is 0 Å². The van der Waals surface area contributed by atoms with E-state index in [0.717, 1.165) is 5.56 Å². The predicted octanol–water partition coefficient (Wildman–Crippen LogP) is 6.85. The molecule has 1 atom stereocenters. The lowest BCUT2D eigenvalue weighted by Crippen LogP contribution is -2.31. The van der Waals surface area contributed by atoms with Crippen molar-refractivity contribution in [3.8, 4) is 28.7 Å². The molecule has 9 heteroatoms. The molecule has 3 aromatic carbocycles. The summed E-state index contributed by atoms with van der Waals surface area (Å²) < 4.78 is 37.3. The number of carbonyl (C=O) groups excluding carboxylic acids is 1. The van der Waals surface area contributed by atoms with Crippen LogP contribution in [-0.4, -0.2) is 30.8 Å². The van der Waals surface area contributed by atoms with Crippen molar-refractivity contribution in [2.45, 2.75) is 26.8 Å². The minimum atomic E-state index is -0.375. The Kier molecular flexibility index (Phi) is 7.67. The van der Waals surface area contributed by atoms with Crippen LogP contribution in [0.5, 0.6) is 28.7 Å². The zero-order valence-electron chi connectivity index (χ0n) is 22.0. The molecule has 1 aromatic heterocycles. The van der Waals surface area contributed by atoms with Crippen molar-refractivity contribution in [3.63, 3.8) is 0 Å². The number of hydrogen-bond donors (Lipinski definition) is 2. The molecular weight excluding hydrogens is 501 g/mol. The van der Waals surface area contributed by atoms with E-state index in [1.165, 1.54) is 12.1 Å². The van der Waals surface area contributed by atoms with Crippen LogP contribution in [0.2, 0.25) is 0 Å². The second-order valence-electron chi connectivity index (χ2n) is 9.64. The molecule has 2 heterocycles. The summed E-state index contributed by atoms with van der Waals surface area (Å²) in [5.41, 5.74) is 2.06. The maximum absolute atomic E-state index is 13.2. The van der Waals surface area contributed by atoms with Gasteiger partial charge < -0.3 is 29.6 Å². The van der Waals surface area contributed by atoms with Gasteiger partial charge in [0.15, 0.2) is 11.5 Å². The standard InChI is InChI=1S/C30H30FN3O5/c1-18(2)17-38-26-16-24-27(29-28(26)36-14-15-37-29)25(12-13-32-24)39-23-10-8-22(9-11-23)34-30(35)33-19(3)20-4-6-21(31)7-5-20/h4-13,16,18-19H,14-15,17H2,1-3H3,(H2,33,34,35)/t19-/m0/s1. The molecule has 0 saturated heterocycles. The molecule has 0 unspecified atom stereocenters. The number of nitrogens with zero attached hydrogens (tertiary/aromatic N) is 1. The number of hydrogen-bond acceptors (Lipinski definition) is 6. The lowest BCUT2D eigenvalue weighted by molar-refractivity contribution is 0.161. The van der Waals surface area contributed by atoms with Gasteiger partial charge in [0.05, 0.1) is 23.6 Å². The molecular formula is C30H30FN3O5. The Morgan fingerprint density at radius 2 is 1.69 bits per heavy atom. The molecule has 1 aliphatic rings. The lowest BCUT2D eigenvalue weighted by atomic mass is 10.1. The number of benzene rings is 3. The van der Waals surface area contributed by atoms with E-state index in [2.05, 4.69) is 29.5 Å². The van der Waals surface area contributed by atoms with Gasteiger partial charge >= 0.3 is 6.03 Å². The van der Waals surface area contributed by atoms with Crippen molar-refractivity contribution >= 4 is 22.6 Å². The number of halogens is 1. The second kappa shape index (κ2) is 11.5. The van der Waals surface area contributed by atoms with E-state index in [1.807, 2.05) is 13.0 Å². The molecule has 1 aliphatic heterocycles. The molecule has 0 spiro atoms. The average molecular weight is 532 g/mol. The van der Waals surface area contributed by atoms with Gasteiger partial charge in [-0.3, -0.25) is 4.98 Å². The number of fused-ring (bicyclic) bond motifs is 3. The van der Waals surface area contributed by atoms with E-state index in [-0.39, 0.29) is 17.9 Å². The Morgan fingerprint density at radius 1 is 0.974 bits per heavy atom. The topological polar surface area (TPSA) is 90.9 Å². The highest BCUT2D eigenvalue weighted by molar-refractivity contribution is 5.95. The number of anilines is 1. The first-order valence-corrected chi connectivity index (χ1v) is 12.8. The maximum atomic E-state index is 13.2. The molecule has 2 amide bonds. The molecule has 0 aliphatic carbocycles. The number of nitrogens with one attached hydrogen (secondary N) is 2. The van der Waals surface area contributed by atoms with Crippen molar-refractivity contribution in [1.82, 2.24) is 10.3 Å². The number of carbonyl (C=O) groups is 1. The van der Waals surface area contributed by atoms with Crippen LogP contribution < -0.4 is 29.6 Å². The highest BCUT2D eigenvalue weighted by Crippen LogP contribution is 2.48. The van der Waals surface area contributed by atoms with E-state index in [9.17, 15) is 9.18 Å². The van der Waals surface area contributed by atoms with Crippen LogP contribution in [0.15, 0.2) is 66.9 Å². The van der Waals surface area contributed by atoms with Crippen molar-refractivity contribution in [2.24, 2.45) is 5.92 Å². The summed E-state index contributed by atoms with van der Waals surface area (Å²) in [6.45, 7) is 7.37. The average Bonchev–Trinajstić information content (AvgIpc) is 2.93. The Morgan fingerprint density at radius 3 is 2.41 bits per heavy atom. The molecule has 2 N–H and O–H groups in total. The Labute approximate surface area is 226 Å². The summed E-state index contributed by atoms with van der Waals surface area (Å²) in [7, 11) is 0. The van der Waals surface area contributed by atoms with E-state index in [0.29, 0.717) is 71.1 Å². The summed E-state index contributed by atoms with van der Waals surface area (Å²) in [6, 6.07) is 16.0. The number of amides is 2. The summed E-state index contributed by atoms with van der Waals surface area (Å²) >= 11 is 0. The van der Waals surface area contributed by atoms with Gasteiger partial charge in [-0.1, -0.05) is 26.0 Å². The fourth-order valence-electron chi connectivity index (χ4n) is 4.15. The predicted molar refractivity (Wildman–Crippen MR) is 147 cm³/mol. The van der Waals surface area contributed by atoms with Crippen molar-refractivity contribution < 1.29 is 28.1 Å². The van der Waals surface area contributed by atoms with Crippen LogP contribution in [0.3, 0.4) is 0 Å². The Hall–Kier alpha value is -4.53. The molecule has 4 aromatic rings. The number of aromatic nitrogens is 1. The number of urea groups is 1. The van der Waals surface area contributed by atoms with Crippen molar-refractivity contribution in [2.75, 3.05) is 25.1 Å². The van der Waals surface area contributed by atoms with Gasteiger partial charge in [0.2, 0.25) is 5.75 Å². The van der Waals surface area contributed by atoms with Crippen LogP contribution in [-0.2, 0) is 0 Å². The molecule has 39 heavy (non-hydrogen) atoms. The van der Waals surface area contributed by atoms with Gasteiger partial charge in [0, 0.05) is 18.0 Å². The normalized spacial score (nSPS) is 13.2. The van der Waals surface area contributed by atoms with E-state index >= 15 is 0 Å². The summed E-state index contributed by atoms with van der Waals surface area (Å²) in [6.07, 6.45) is 1.67. The van der Waals surface area contributed by atoms with E-state index in [1.54, 1.807) is 48.7 Å². The zero-order chi connectivity index (χ0) is 27.4. The third-order valence-corrected chi connectivity index (χ3v) is 6.07. The minimum Gasteiger partial charge on any atom is -0.489 e. The van der Waals surface area contributed by atoms with E-state index in [4.69, 9.17) is 18.9 Å². The first-order chi connectivity index (χ1) is 18.9. The highest BCUT2D eigenvalue weighted by atomic mass is 19.1. The van der Waals surface area contributed by atoms with Gasteiger partial charge in [0.25, 0.3) is 0 Å². The third-order valence-electron chi connectivity index (χ3n) is 6.07. The van der Waals surface area contributed by atoms with Gasteiger partial charge in [0.1, 0.15) is 30.5 Å². The van der Waals surface area contributed by atoms with Crippen molar-refractivity contribution in [1.29, 1.82) is 0 Å². The first-order valence-electron chi connectivity index (χ1n) is 12.8. The molecule has 0 radical (unpaired) electrons. The minimum absolute atomic E-state index is 0.290. The smallest absolute Gasteiger partial charge is 0.319 e. The van der Waals surface area contributed by atoms with Crippen LogP contribution in [0.1, 0.15) is 32.4 Å². The quantitative estimate of drug-likeness (QED) is 0.258. The number of pyridine rings is 1. The van der Waals surface area contributed by atoms with Gasteiger partial charge in [-0.25, -0.2) is 9.18 Å².